The predicted octanol–water partition coefficient (Wildman–Crippen LogP) is 3.69. The van der Waals surface area contributed by atoms with Crippen LogP contribution in [0.25, 0.3) is 0 Å². The van der Waals surface area contributed by atoms with Gasteiger partial charge in [-0.2, -0.15) is 0 Å². The van der Waals surface area contributed by atoms with E-state index in [1.807, 2.05) is 5.38 Å². The largest absolute Gasteiger partial charge is 0.463 e. The molecule has 2 aliphatic rings. The lowest BCUT2D eigenvalue weighted by Gasteiger charge is -2.32. The average molecular weight is 481 g/mol. The smallest absolute Gasteiger partial charge is 0.338 e. The van der Waals surface area contributed by atoms with Crippen molar-refractivity contribution < 1.29 is 14.3 Å². The van der Waals surface area contributed by atoms with Crippen molar-refractivity contribution in [1.82, 2.24) is 15.2 Å². The maximum atomic E-state index is 13.1. The number of carbonyl (C=O) groups is 1. The summed E-state index contributed by atoms with van der Waals surface area (Å²) in [6.45, 7) is 5.43. The molecule has 0 saturated carbocycles. The summed E-state index contributed by atoms with van der Waals surface area (Å²) in [4.78, 5) is 24.6. The Hall–Kier alpha value is -1.97. The summed E-state index contributed by atoms with van der Waals surface area (Å²) in [5.74, 6) is 0.179. The van der Waals surface area contributed by atoms with Crippen molar-refractivity contribution in [3.8, 4) is 0 Å². The number of nitrogens with zero attached hydrogens (tertiary/aromatic N) is 3. The van der Waals surface area contributed by atoms with Gasteiger partial charge in [0.1, 0.15) is 6.04 Å². The minimum atomic E-state index is -0.639. The van der Waals surface area contributed by atoms with Crippen LogP contribution in [-0.2, 0) is 14.3 Å². The molecule has 1 aromatic heterocycles. The van der Waals surface area contributed by atoms with E-state index in [1.165, 1.54) is 11.3 Å². The van der Waals surface area contributed by atoms with Crippen molar-refractivity contribution >= 4 is 46.3 Å². The Labute approximate surface area is 194 Å². The van der Waals surface area contributed by atoms with E-state index in [1.54, 1.807) is 31.3 Å². The number of thiazole rings is 1. The number of morpholine rings is 1. The molecule has 1 atom stereocenters. The molecular formula is C21H22Cl2N4O3S. The third kappa shape index (κ3) is 5.10. The molecule has 7 nitrogen and oxygen atoms in total. The number of hydrogen-bond acceptors (Lipinski definition) is 8. The van der Waals surface area contributed by atoms with E-state index in [4.69, 9.17) is 37.7 Å². The van der Waals surface area contributed by atoms with E-state index in [-0.39, 0.29) is 6.61 Å². The van der Waals surface area contributed by atoms with Crippen LogP contribution in [0.2, 0.25) is 10.0 Å². The van der Waals surface area contributed by atoms with E-state index in [0.29, 0.717) is 46.8 Å². The molecule has 0 radical (unpaired) electrons. The lowest BCUT2D eigenvalue weighted by Crippen LogP contribution is -2.43. The molecule has 2 aliphatic heterocycles. The second-order valence-electron chi connectivity index (χ2n) is 7.01. The number of nitrogens with one attached hydrogen (secondary N) is 1. The molecule has 31 heavy (non-hydrogen) atoms. The van der Waals surface area contributed by atoms with Crippen LogP contribution in [0.15, 0.2) is 46.0 Å². The molecule has 2 aromatic rings. The zero-order valence-electron chi connectivity index (χ0n) is 16.9. The Kier molecular flexibility index (Phi) is 7.24. The number of amidine groups is 1. The monoisotopic (exact) mass is 480 g/mol. The maximum Gasteiger partial charge on any atom is 0.338 e. The van der Waals surface area contributed by atoms with Crippen molar-refractivity contribution in [3.05, 3.63) is 61.7 Å². The van der Waals surface area contributed by atoms with Gasteiger partial charge in [-0.15, -0.1) is 11.3 Å². The molecule has 4 rings (SSSR count). The van der Waals surface area contributed by atoms with Crippen molar-refractivity contribution in [2.24, 2.45) is 4.99 Å². The molecule has 3 heterocycles. The van der Waals surface area contributed by atoms with Crippen LogP contribution < -0.4 is 5.32 Å². The van der Waals surface area contributed by atoms with Crippen molar-refractivity contribution in [1.29, 1.82) is 0 Å². The quantitative estimate of drug-likeness (QED) is 0.635. The van der Waals surface area contributed by atoms with Crippen LogP contribution in [0.3, 0.4) is 0 Å². The van der Waals surface area contributed by atoms with Crippen LogP contribution in [0, 0.1) is 0 Å². The van der Waals surface area contributed by atoms with Gasteiger partial charge in [-0.25, -0.2) is 9.78 Å². The standard InChI is InChI=1S/C21H22Cl2N4O3S/c1-2-30-21(28)17-16(12-27-6-8-29-9-7-27)25-19(20-24-5-10-31-20)26-18(17)14-4-3-13(22)11-15(14)23/h3-5,10-11,18H,2,6-9,12H2,1H3,(H,25,26)/t18-/m1/s1. The van der Waals surface area contributed by atoms with E-state index in [2.05, 4.69) is 15.2 Å². The SMILES string of the molecule is CCOC(=O)C1=C(CN2CCOCC2)NC(c2nccs2)=N[C@@H]1c1ccc(Cl)cc1Cl. The van der Waals surface area contributed by atoms with E-state index in [9.17, 15) is 4.79 Å². The van der Waals surface area contributed by atoms with Gasteiger partial charge < -0.3 is 14.8 Å². The maximum absolute atomic E-state index is 13.1. The number of esters is 1. The molecule has 164 valence electrons. The number of ether oxygens (including phenoxy) is 2. The summed E-state index contributed by atoms with van der Waals surface area (Å²) in [5, 5.41) is 6.92. The highest BCUT2D eigenvalue weighted by atomic mass is 35.5. The minimum Gasteiger partial charge on any atom is -0.463 e. The molecule has 0 bridgehead atoms. The number of carbonyl (C=O) groups excluding carboxylic acids is 1. The van der Waals surface area contributed by atoms with Crippen LogP contribution in [0.5, 0.6) is 0 Å². The number of aliphatic imine (C=N–C) groups is 1. The third-order valence-electron chi connectivity index (χ3n) is 5.00. The van der Waals surface area contributed by atoms with Gasteiger partial charge in [0.05, 0.1) is 25.4 Å². The fourth-order valence-electron chi connectivity index (χ4n) is 3.55. The first-order chi connectivity index (χ1) is 15.1. The summed E-state index contributed by atoms with van der Waals surface area (Å²) in [5.41, 5.74) is 1.86. The van der Waals surface area contributed by atoms with Gasteiger partial charge in [-0.1, -0.05) is 29.3 Å². The van der Waals surface area contributed by atoms with Gasteiger partial charge in [0.2, 0.25) is 0 Å². The van der Waals surface area contributed by atoms with Gasteiger partial charge in [-0.05, 0) is 19.1 Å². The van der Waals surface area contributed by atoms with E-state index in [0.717, 1.165) is 23.8 Å². The Morgan fingerprint density at radius 1 is 1.35 bits per heavy atom. The summed E-state index contributed by atoms with van der Waals surface area (Å²) in [6.07, 6.45) is 1.72. The summed E-state index contributed by atoms with van der Waals surface area (Å²) in [7, 11) is 0. The Morgan fingerprint density at radius 3 is 2.84 bits per heavy atom. The second-order valence-corrected chi connectivity index (χ2v) is 8.75. The van der Waals surface area contributed by atoms with Gasteiger partial charge in [0.15, 0.2) is 10.8 Å². The van der Waals surface area contributed by atoms with Gasteiger partial charge in [0, 0.05) is 52.5 Å². The van der Waals surface area contributed by atoms with Crippen LogP contribution in [-0.4, -0.2) is 61.1 Å². The Balaban J connectivity index is 1.81. The first kappa shape index (κ1) is 22.2. The molecule has 1 N–H and O–H groups in total. The lowest BCUT2D eigenvalue weighted by atomic mass is 9.95. The number of hydrogen-bond donors (Lipinski definition) is 1. The molecule has 0 aliphatic carbocycles. The number of aromatic nitrogens is 1. The first-order valence-corrected chi connectivity index (χ1v) is 11.6. The summed E-state index contributed by atoms with van der Waals surface area (Å²) >= 11 is 14.1. The van der Waals surface area contributed by atoms with Crippen LogP contribution in [0.1, 0.15) is 23.5 Å². The highest BCUT2D eigenvalue weighted by Gasteiger charge is 2.34. The molecule has 1 saturated heterocycles. The highest BCUT2D eigenvalue weighted by Crippen LogP contribution is 2.37. The van der Waals surface area contributed by atoms with Crippen molar-refractivity contribution in [2.75, 3.05) is 39.5 Å². The summed E-state index contributed by atoms with van der Waals surface area (Å²) < 4.78 is 10.9. The van der Waals surface area contributed by atoms with Gasteiger partial charge in [0.25, 0.3) is 0 Å². The Bertz CT molecular complexity index is 1000. The highest BCUT2D eigenvalue weighted by molar-refractivity contribution is 7.11. The first-order valence-electron chi connectivity index (χ1n) is 9.96. The zero-order valence-corrected chi connectivity index (χ0v) is 19.3. The molecule has 1 fully saturated rings. The van der Waals surface area contributed by atoms with Crippen molar-refractivity contribution in [2.45, 2.75) is 13.0 Å². The molecule has 0 amide bonds. The zero-order chi connectivity index (χ0) is 21.8. The van der Waals surface area contributed by atoms with E-state index >= 15 is 0 Å². The fraction of sp³-hybridized carbons (Fsp3) is 0.381. The van der Waals surface area contributed by atoms with Crippen molar-refractivity contribution in [3.63, 3.8) is 0 Å². The summed E-state index contributed by atoms with van der Waals surface area (Å²) in [6, 6.07) is 4.56. The van der Waals surface area contributed by atoms with Crippen LogP contribution in [0.4, 0.5) is 0 Å². The average Bonchev–Trinajstić information content (AvgIpc) is 3.29. The number of halogens is 2. The number of benzene rings is 1. The van der Waals surface area contributed by atoms with Gasteiger partial charge >= 0.3 is 5.97 Å². The molecular weight excluding hydrogens is 459 g/mol. The second kappa shape index (κ2) is 10.1. The molecule has 0 unspecified atom stereocenters. The molecule has 0 spiro atoms. The Morgan fingerprint density at radius 2 is 2.16 bits per heavy atom. The third-order valence-corrected chi connectivity index (χ3v) is 6.34. The topological polar surface area (TPSA) is 76.0 Å². The molecule has 10 heteroatoms. The van der Waals surface area contributed by atoms with E-state index < -0.39 is 12.0 Å². The lowest BCUT2D eigenvalue weighted by molar-refractivity contribution is -0.139. The fourth-order valence-corrected chi connectivity index (χ4v) is 4.65. The molecule has 1 aromatic carbocycles. The minimum absolute atomic E-state index is 0.261. The predicted molar refractivity (Wildman–Crippen MR) is 122 cm³/mol. The normalized spacial score (nSPS) is 19.7. The number of rotatable bonds is 6. The van der Waals surface area contributed by atoms with Gasteiger partial charge in [-0.3, -0.25) is 9.89 Å². The van der Waals surface area contributed by atoms with Crippen LogP contribution >= 0.6 is 34.5 Å².